The summed E-state index contributed by atoms with van der Waals surface area (Å²) in [6.45, 7) is 3.00. The molecule has 2 N–H and O–H groups in total. The fourth-order valence-electron chi connectivity index (χ4n) is 2.60. The molecule has 0 aliphatic carbocycles. The number of hydrogen-bond donors (Lipinski definition) is 2. The Morgan fingerprint density at radius 2 is 2.22 bits per heavy atom. The van der Waals surface area contributed by atoms with Crippen LogP contribution in [0.25, 0.3) is 0 Å². The first-order chi connectivity index (χ1) is 8.75. The predicted octanol–water partition coefficient (Wildman–Crippen LogP) is 2.33. The standard InChI is InChI=1S/C15H16N2O/c1-10-3-2-7-16-14(10)15-13-5-4-12(18)9-11(13)6-8-17-15/h2-5,7,9,15,17-18H,6,8H2,1H3/t15-/m0/s1. The summed E-state index contributed by atoms with van der Waals surface area (Å²) in [5, 5.41) is 13.1. The fourth-order valence-corrected chi connectivity index (χ4v) is 2.60. The maximum Gasteiger partial charge on any atom is 0.115 e. The lowest BCUT2D eigenvalue weighted by atomic mass is 9.90. The molecule has 2 heterocycles. The lowest BCUT2D eigenvalue weighted by molar-refractivity contribution is 0.471. The Bertz CT molecular complexity index is 580. The number of pyridine rings is 1. The molecule has 2 aromatic rings. The van der Waals surface area contributed by atoms with Gasteiger partial charge < -0.3 is 10.4 Å². The summed E-state index contributed by atoms with van der Waals surface area (Å²) < 4.78 is 0. The highest BCUT2D eigenvalue weighted by atomic mass is 16.3. The number of phenols is 1. The molecule has 0 bridgehead atoms. The van der Waals surface area contributed by atoms with Crippen LogP contribution in [-0.4, -0.2) is 16.6 Å². The van der Waals surface area contributed by atoms with Gasteiger partial charge >= 0.3 is 0 Å². The highest BCUT2D eigenvalue weighted by Gasteiger charge is 2.23. The molecule has 1 atom stereocenters. The van der Waals surface area contributed by atoms with E-state index >= 15 is 0 Å². The molecule has 92 valence electrons. The summed E-state index contributed by atoms with van der Waals surface area (Å²) >= 11 is 0. The number of fused-ring (bicyclic) bond motifs is 1. The van der Waals surface area contributed by atoms with Crippen LogP contribution in [0.15, 0.2) is 36.5 Å². The average molecular weight is 240 g/mol. The summed E-state index contributed by atoms with van der Waals surface area (Å²) in [6.07, 6.45) is 2.78. The number of rotatable bonds is 1. The minimum absolute atomic E-state index is 0.135. The molecular weight excluding hydrogens is 224 g/mol. The van der Waals surface area contributed by atoms with E-state index in [1.165, 1.54) is 16.7 Å². The molecule has 0 unspecified atom stereocenters. The zero-order valence-electron chi connectivity index (χ0n) is 10.4. The lowest BCUT2D eigenvalue weighted by Crippen LogP contribution is -2.31. The van der Waals surface area contributed by atoms with Crippen molar-refractivity contribution in [2.45, 2.75) is 19.4 Å². The smallest absolute Gasteiger partial charge is 0.115 e. The molecule has 3 heteroatoms. The third-order valence-electron chi connectivity index (χ3n) is 3.50. The fraction of sp³-hybridized carbons (Fsp3) is 0.267. The van der Waals surface area contributed by atoms with Crippen LogP contribution >= 0.6 is 0 Å². The van der Waals surface area contributed by atoms with Gasteiger partial charge in [0.25, 0.3) is 0 Å². The van der Waals surface area contributed by atoms with E-state index < -0.39 is 0 Å². The van der Waals surface area contributed by atoms with Crippen molar-refractivity contribution in [3.05, 3.63) is 58.9 Å². The van der Waals surface area contributed by atoms with Gasteiger partial charge in [-0.2, -0.15) is 0 Å². The van der Waals surface area contributed by atoms with Crippen LogP contribution in [0.5, 0.6) is 5.75 Å². The van der Waals surface area contributed by atoms with Crippen LogP contribution in [0, 0.1) is 6.92 Å². The first kappa shape index (κ1) is 11.2. The van der Waals surface area contributed by atoms with E-state index in [9.17, 15) is 5.11 Å². The molecule has 1 aliphatic rings. The minimum atomic E-state index is 0.135. The van der Waals surface area contributed by atoms with Crippen LogP contribution in [0.2, 0.25) is 0 Å². The maximum atomic E-state index is 9.56. The Morgan fingerprint density at radius 1 is 1.33 bits per heavy atom. The van der Waals surface area contributed by atoms with E-state index in [0.717, 1.165) is 18.7 Å². The monoisotopic (exact) mass is 240 g/mol. The molecule has 0 saturated carbocycles. The quantitative estimate of drug-likeness (QED) is 0.804. The molecule has 1 aliphatic heterocycles. The number of hydrogen-bond acceptors (Lipinski definition) is 3. The van der Waals surface area contributed by atoms with Gasteiger partial charge in [-0.25, -0.2) is 0 Å². The highest BCUT2D eigenvalue weighted by molar-refractivity contribution is 5.43. The number of aromatic nitrogens is 1. The van der Waals surface area contributed by atoms with E-state index in [-0.39, 0.29) is 6.04 Å². The second-order valence-electron chi connectivity index (χ2n) is 4.73. The van der Waals surface area contributed by atoms with Gasteiger partial charge in [0.15, 0.2) is 0 Å². The average Bonchev–Trinajstić information content (AvgIpc) is 2.38. The van der Waals surface area contributed by atoms with Crippen LogP contribution in [0.4, 0.5) is 0 Å². The number of phenolic OH excluding ortho intramolecular Hbond substituents is 1. The molecule has 0 fully saturated rings. The van der Waals surface area contributed by atoms with Crippen molar-refractivity contribution in [1.82, 2.24) is 10.3 Å². The molecule has 0 spiro atoms. The Hall–Kier alpha value is -1.87. The van der Waals surface area contributed by atoms with Crippen LogP contribution in [0.1, 0.15) is 28.4 Å². The van der Waals surface area contributed by atoms with Gasteiger partial charge in [0, 0.05) is 12.7 Å². The van der Waals surface area contributed by atoms with E-state index in [1.807, 2.05) is 24.4 Å². The molecule has 0 saturated heterocycles. The predicted molar refractivity (Wildman–Crippen MR) is 70.6 cm³/mol. The number of benzene rings is 1. The SMILES string of the molecule is Cc1cccnc1[C@H]1NCCc2cc(O)ccc21. The van der Waals surface area contributed by atoms with Crippen molar-refractivity contribution in [3.63, 3.8) is 0 Å². The number of aromatic hydroxyl groups is 1. The molecule has 0 radical (unpaired) electrons. The molecule has 18 heavy (non-hydrogen) atoms. The van der Waals surface area contributed by atoms with Crippen LogP contribution in [-0.2, 0) is 6.42 Å². The topological polar surface area (TPSA) is 45.2 Å². The van der Waals surface area contributed by atoms with Gasteiger partial charge in [0.1, 0.15) is 5.75 Å². The van der Waals surface area contributed by atoms with Gasteiger partial charge in [0.05, 0.1) is 11.7 Å². The second-order valence-corrected chi connectivity index (χ2v) is 4.73. The normalized spacial score (nSPS) is 18.4. The molecule has 1 aromatic carbocycles. The van der Waals surface area contributed by atoms with Crippen molar-refractivity contribution in [2.24, 2.45) is 0 Å². The lowest BCUT2D eigenvalue weighted by Gasteiger charge is -2.27. The Labute approximate surface area is 107 Å². The van der Waals surface area contributed by atoms with Crippen LogP contribution in [0.3, 0.4) is 0 Å². The maximum absolute atomic E-state index is 9.56. The molecule has 3 rings (SSSR count). The first-order valence-electron chi connectivity index (χ1n) is 6.22. The minimum Gasteiger partial charge on any atom is -0.508 e. The summed E-state index contributed by atoms with van der Waals surface area (Å²) in [5.74, 6) is 0.340. The van der Waals surface area contributed by atoms with Gasteiger partial charge in [-0.3, -0.25) is 4.98 Å². The highest BCUT2D eigenvalue weighted by Crippen LogP contribution is 2.30. The third kappa shape index (κ3) is 1.87. The van der Waals surface area contributed by atoms with Crippen LogP contribution < -0.4 is 5.32 Å². The van der Waals surface area contributed by atoms with E-state index in [2.05, 4.69) is 23.3 Å². The Kier molecular flexibility index (Phi) is 2.76. The van der Waals surface area contributed by atoms with Crippen molar-refractivity contribution in [3.8, 4) is 5.75 Å². The van der Waals surface area contributed by atoms with E-state index in [0.29, 0.717) is 5.75 Å². The summed E-state index contributed by atoms with van der Waals surface area (Å²) in [7, 11) is 0. The van der Waals surface area contributed by atoms with E-state index in [1.54, 1.807) is 6.07 Å². The zero-order valence-corrected chi connectivity index (χ0v) is 10.4. The number of aryl methyl sites for hydroxylation is 1. The Morgan fingerprint density at radius 3 is 3.06 bits per heavy atom. The van der Waals surface area contributed by atoms with Gasteiger partial charge in [-0.15, -0.1) is 0 Å². The Balaban J connectivity index is 2.09. The zero-order chi connectivity index (χ0) is 12.5. The summed E-state index contributed by atoms with van der Waals surface area (Å²) in [4.78, 5) is 4.50. The summed E-state index contributed by atoms with van der Waals surface area (Å²) in [5.41, 5.74) is 4.70. The van der Waals surface area contributed by atoms with E-state index in [4.69, 9.17) is 0 Å². The van der Waals surface area contributed by atoms with Crippen molar-refractivity contribution >= 4 is 0 Å². The second kappa shape index (κ2) is 4.42. The largest absolute Gasteiger partial charge is 0.508 e. The molecule has 0 amide bonds. The van der Waals surface area contributed by atoms with Crippen molar-refractivity contribution in [2.75, 3.05) is 6.54 Å². The number of nitrogens with one attached hydrogen (secondary N) is 1. The van der Waals surface area contributed by atoms with Gasteiger partial charge in [0.2, 0.25) is 0 Å². The van der Waals surface area contributed by atoms with Gasteiger partial charge in [-0.1, -0.05) is 12.1 Å². The first-order valence-corrected chi connectivity index (χ1v) is 6.22. The van der Waals surface area contributed by atoms with Crippen molar-refractivity contribution in [1.29, 1.82) is 0 Å². The van der Waals surface area contributed by atoms with Crippen molar-refractivity contribution < 1.29 is 5.11 Å². The molecule has 1 aromatic heterocycles. The number of nitrogens with zero attached hydrogens (tertiary/aromatic N) is 1. The molecule has 3 nitrogen and oxygen atoms in total. The van der Waals surface area contributed by atoms with Gasteiger partial charge in [-0.05, 0) is 48.2 Å². The third-order valence-corrected chi connectivity index (χ3v) is 3.50. The molecular formula is C15H16N2O. The summed E-state index contributed by atoms with van der Waals surface area (Å²) in [6, 6.07) is 9.78.